The highest BCUT2D eigenvalue weighted by atomic mass is 31.0. The van der Waals surface area contributed by atoms with Crippen molar-refractivity contribution in [3.05, 3.63) is 113 Å². The van der Waals surface area contributed by atoms with E-state index in [0.29, 0.717) is 137 Å². The van der Waals surface area contributed by atoms with Crippen molar-refractivity contribution in [2.75, 3.05) is 157 Å². The summed E-state index contributed by atoms with van der Waals surface area (Å²) in [5, 5.41) is 31.8. The summed E-state index contributed by atoms with van der Waals surface area (Å²) in [6.07, 6.45) is 50.0. The van der Waals surface area contributed by atoms with Crippen LogP contribution >= 0.6 is 47.0 Å². The molecule has 29 nitrogen and oxygen atoms in total. The van der Waals surface area contributed by atoms with Crippen molar-refractivity contribution in [2.24, 2.45) is 74.2 Å². The highest BCUT2D eigenvalue weighted by molar-refractivity contribution is 7.14. The van der Waals surface area contributed by atoms with Crippen LogP contribution in [0.2, 0.25) is 0 Å². The maximum Gasteiger partial charge on any atom is 0.331 e. The summed E-state index contributed by atoms with van der Waals surface area (Å²) in [7, 11) is 13.6. The van der Waals surface area contributed by atoms with E-state index in [0.717, 1.165) is 271 Å². The molecule has 0 aromatic heterocycles. The topological polar surface area (TPSA) is 358 Å². The third kappa shape index (κ3) is 42.7. The van der Waals surface area contributed by atoms with Crippen molar-refractivity contribution < 1.29 is 81.8 Å². The summed E-state index contributed by atoms with van der Waals surface area (Å²) in [4.78, 5) is 122. The Kier molecular flexibility index (Phi) is 54.5. The molecule has 0 bridgehead atoms. The van der Waals surface area contributed by atoms with E-state index in [9.17, 15) is 47.9 Å². The molecule has 12 fully saturated rings. The van der Waals surface area contributed by atoms with Gasteiger partial charge in [-0.2, -0.15) is 0 Å². The minimum atomic E-state index is -0.692. The Morgan fingerprint density at radius 1 is 0.437 bits per heavy atom. The van der Waals surface area contributed by atoms with E-state index in [1.807, 2.05) is 44.4 Å². The number of carbonyl (C=O) groups excluding carboxylic acids is 9. The number of nitrogens with one attached hydrogen (secondary N) is 3. The van der Waals surface area contributed by atoms with E-state index in [2.05, 4.69) is 104 Å². The molecule has 16 rings (SSSR count). The number of aliphatic hydroxyl groups is 1. The molecule has 794 valence electrons. The van der Waals surface area contributed by atoms with Crippen LogP contribution in [0.5, 0.6) is 0 Å². The third-order valence-electron chi connectivity index (χ3n) is 32.1. The van der Waals surface area contributed by atoms with Crippen LogP contribution in [-0.4, -0.2) is 266 Å². The van der Waals surface area contributed by atoms with E-state index in [4.69, 9.17) is 51.6 Å². The van der Waals surface area contributed by atoms with E-state index in [-0.39, 0.29) is 65.8 Å². The Morgan fingerprint density at radius 2 is 0.803 bits per heavy atom. The molecule has 2 aromatic carbocycles. The van der Waals surface area contributed by atoms with Crippen LogP contribution in [0, 0.1) is 80.5 Å². The fourth-order valence-electron chi connectivity index (χ4n) is 22.1. The predicted octanol–water partition coefficient (Wildman–Crippen LogP) is 17.2. The number of ketones is 1. The second-order valence-electron chi connectivity index (χ2n) is 41.8. The van der Waals surface area contributed by atoms with E-state index >= 15 is 0 Å². The first-order valence-electron chi connectivity index (χ1n) is 53.4. The molecular formula is C108H175N12O17P5. The number of aldehydes is 1. The number of amidine groups is 1. The smallest absolute Gasteiger partial charge is 0.331 e. The molecule has 2 amide bonds. The Morgan fingerprint density at radius 3 is 1.18 bits per heavy atom. The van der Waals surface area contributed by atoms with Gasteiger partial charge in [-0.25, -0.2) is 9.64 Å². The van der Waals surface area contributed by atoms with Gasteiger partial charge in [-0.15, -0.1) is 0 Å². The van der Waals surface area contributed by atoms with Crippen molar-refractivity contribution in [3.63, 3.8) is 0 Å². The third-order valence-corrected chi connectivity index (χ3v) is 34.7. The number of carboxylic acid groups (broad SMARTS) is 1. The molecule has 9 saturated heterocycles. The molecule has 3 saturated carbocycles. The van der Waals surface area contributed by atoms with E-state index in [1.165, 1.54) is 77.3 Å². The molecule has 5 aliphatic carbocycles. The lowest BCUT2D eigenvalue weighted by Gasteiger charge is -2.46. The second-order valence-corrected chi connectivity index (χ2v) is 45.5. The van der Waals surface area contributed by atoms with Gasteiger partial charge in [-0.05, 0) is 347 Å². The Hall–Kier alpha value is -6.45. The molecule has 5 unspecified atom stereocenters. The molecule has 5 atom stereocenters. The standard InChI is InChI=1S/C22H28N2O3.C20H27N3O3.C14H22NO2P.C14H25NO2.C10H16NOP.C8H16NO2P.C8H15NO2.C6H14NOP.C6H12NOP/c1-3-27-20(25)16-17-8-10-22(11-9-17)12-14-24(15-13-22)21(26)18-4-6-19(23-2)7-5-18;21-18(22)15-1-3-16(4-2-15)19(26)23-11-9-20(10-12-23)7-5-14(6-8-20)13-17(24)25;1-2-17-13(16)11-12-3-5-14(6-4-12)7-9-15(18)10-8-14;1-2-17-13(16)11-12-3-5-14(6-4-12)7-9-15-10-8-14;12-9-1-3-10(4-2-9)5-7-11(13)8-6-10;1-2-11-8(10)7-3-5-9(12)6-4-7;1-2-11-8(10)7-3-5-9-6-4-7;2*8-5-6-1-3-7(9)4-2-6/h4-7,17H,3,8-16H2,1H3;1-4,14H,5-13H2,(H3,21,22)(H,24,25);3,5,11H,2,4,6-10,18H2,1H3;12,15H,2-11H2,1H3;1,3H,2,4-8,13H2;7H,2-6,12H2,1H3;7,9H,2-6H2,1H3;6,8H,1-5,9H2;5-6H,1-4,9H2. The zero-order chi connectivity index (χ0) is 103. The number of hydrogen-bond acceptors (Lipinski definition) is 24. The molecule has 5 spiro atoms. The average Bonchev–Trinajstić information content (AvgIpc) is 0.797. The SMILES string of the molecule is CCOC(=O)C1CCN(P)CC1.CCOC(=O)C1CCNCC1.CCOC(=O)C=C1C=CC2(CC1)CCN(P)CC2.CCOC(=O)CC1CCC2(CCNCC2)CC1.N=C(N)c1ccc(C(=O)N2CCC3(CCC(CC(=O)O)CC3)CC2)cc1.O=C1C=CC2(CC1)CCN(P)CC2.O=CC1CCN(P)CC1.OCC1CCN(P)CC1.[C-]#[N+]c1ccc(C(=O)N2CCC3(CCC(CC(=O)OCC)CC3)CC2)cc1. The molecule has 142 heavy (non-hydrogen) atoms. The number of hydrogen-bond donors (Lipinski definition) is 6. The van der Waals surface area contributed by atoms with Gasteiger partial charge < -0.3 is 64.9 Å². The maximum absolute atomic E-state index is 12.7. The summed E-state index contributed by atoms with van der Waals surface area (Å²) in [5.41, 5.74) is 11.0. The van der Waals surface area contributed by atoms with Crippen LogP contribution in [0.4, 0.5) is 5.69 Å². The Balaban J connectivity index is 0.000000200. The lowest BCUT2D eigenvalue weighted by Crippen LogP contribution is -2.44. The van der Waals surface area contributed by atoms with Crippen molar-refractivity contribution in [1.29, 1.82) is 5.41 Å². The molecule has 14 aliphatic rings. The van der Waals surface area contributed by atoms with Crippen LogP contribution in [0.25, 0.3) is 4.85 Å². The number of carboxylic acids is 1. The van der Waals surface area contributed by atoms with Crippen LogP contribution in [0.3, 0.4) is 0 Å². The van der Waals surface area contributed by atoms with Crippen molar-refractivity contribution in [1.82, 2.24) is 43.8 Å². The lowest BCUT2D eigenvalue weighted by molar-refractivity contribution is -0.149. The first-order valence-corrected chi connectivity index (χ1v) is 55.9. The minimum absolute atomic E-state index is 0.00115. The Labute approximate surface area is 860 Å². The van der Waals surface area contributed by atoms with Gasteiger partial charge in [-0.3, -0.25) is 67.1 Å². The highest BCUT2D eigenvalue weighted by Gasteiger charge is 2.44. The van der Waals surface area contributed by atoms with Crippen molar-refractivity contribution in [3.8, 4) is 0 Å². The Bertz CT molecular complexity index is 4290. The number of carbonyl (C=O) groups is 10. The number of aliphatic hydroxyl groups excluding tert-OH is 1. The second kappa shape index (κ2) is 64.1. The normalized spacial score (nSPS) is 22.9. The summed E-state index contributed by atoms with van der Waals surface area (Å²) in [6.45, 7) is 37.3. The largest absolute Gasteiger partial charge is 0.481 e. The number of rotatable bonds is 19. The van der Waals surface area contributed by atoms with Gasteiger partial charge in [-0.1, -0.05) is 102 Å². The number of nitrogens with zero attached hydrogens (tertiary/aromatic N) is 8. The molecule has 0 radical (unpaired) electrons. The number of aliphatic carboxylic acids is 1. The number of ether oxygens (including phenoxy) is 5. The van der Waals surface area contributed by atoms with Crippen molar-refractivity contribution >= 4 is 118 Å². The lowest BCUT2D eigenvalue weighted by atomic mass is 9.65. The highest BCUT2D eigenvalue weighted by Crippen LogP contribution is 2.51. The van der Waals surface area contributed by atoms with Crippen molar-refractivity contribution in [2.45, 2.75) is 272 Å². The zero-order valence-corrected chi connectivity index (χ0v) is 92.1. The number of esters is 5. The first kappa shape index (κ1) is 121. The van der Waals surface area contributed by atoms with Gasteiger partial charge in [0.2, 0.25) is 0 Å². The average molecular weight is 2070 g/mol. The van der Waals surface area contributed by atoms with Gasteiger partial charge in [0.25, 0.3) is 11.8 Å². The molecular weight excluding hydrogens is 1890 g/mol. The molecule has 9 heterocycles. The number of nitrogen functional groups attached to an aromatic ring is 1. The number of allylic oxidation sites excluding steroid dienone is 5. The summed E-state index contributed by atoms with van der Waals surface area (Å²) < 4.78 is 36.1. The van der Waals surface area contributed by atoms with Gasteiger partial charge in [0.05, 0.1) is 51.4 Å². The van der Waals surface area contributed by atoms with Gasteiger partial charge in [0, 0.05) is 153 Å². The predicted molar refractivity (Wildman–Crippen MR) is 577 cm³/mol. The number of amides is 2. The number of likely N-dealkylation sites (tertiary alicyclic amines) is 2. The van der Waals surface area contributed by atoms with Gasteiger partial charge in [0.1, 0.15) is 12.1 Å². The van der Waals surface area contributed by atoms with E-state index < -0.39 is 5.97 Å². The fraction of sp³-hybridized carbons (Fsp3) is 0.722. The molecule has 34 heteroatoms. The summed E-state index contributed by atoms with van der Waals surface area (Å²) in [6, 6.07) is 13.8. The first-order chi connectivity index (χ1) is 68.2. The van der Waals surface area contributed by atoms with Crippen LogP contribution in [0.15, 0.2) is 84.5 Å². The quantitative estimate of drug-likeness (QED) is 0.0111. The van der Waals surface area contributed by atoms with Crippen LogP contribution < -0.4 is 16.4 Å². The molecule has 9 aliphatic heterocycles. The zero-order valence-electron chi connectivity index (χ0n) is 86.3. The van der Waals surface area contributed by atoms with Gasteiger partial charge in [0.15, 0.2) is 11.5 Å². The maximum atomic E-state index is 12.7. The monoisotopic (exact) mass is 2070 g/mol. The number of nitrogens with two attached hydrogens (primary N) is 1. The summed E-state index contributed by atoms with van der Waals surface area (Å²) >= 11 is 0. The molecule has 2 aromatic rings. The molecule has 7 N–H and O–H groups in total. The minimum Gasteiger partial charge on any atom is -0.481 e. The van der Waals surface area contributed by atoms with Gasteiger partial charge >= 0.3 is 35.8 Å². The van der Waals surface area contributed by atoms with Crippen LogP contribution in [0.1, 0.15) is 298 Å². The van der Waals surface area contributed by atoms with E-state index in [1.54, 1.807) is 60.7 Å². The summed E-state index contributed by atoms with van der Waals surface area (Å²) in [5.74, 6) is 1.94. The number of piperidine rings is 9. The van der Waals surface area contributed by atoms with Crippen LogP contribution in [-0.2, 0) is 62.0 Å². The number of benzene rings is 2. The fourth-order valence-corrected chi connectivity index (χ4v) is 23.5.